The van der Waals surface area contributed by atoms with E-state index in [2.05, 4.69) is 49.0 Å². The molecule has 0 bridgehead atoms. The van der Waals surface area contributed by atoms with Crippen molar-refractivity contribution in [1.29, 1.82) is 0 Å². The topological polar surface area (TPSA) is 28.2 Å². The van der Waals surface area contributed by atoms with E-state index in [0.717, 1.165) is 31.5 Å². The zero-order valence-corrected chi connectivity index (χ0v) is 12.9. The SMILES string of the molecule is CC(C)CN(CCNCc1cccnc1)CC(C)C. The summed E-state index contributed by atoms with van der Waals surface area (Å²) >= 11 is 0. The molecule has 1 heterocycles. The highest BCUT2D eigenvalue weighted by molar-refractivity contribution is 5.07. The minimum absolute atomic E-state index is 0.733. The first kappa shape index (κ1) is 16.1. The number of nitrogens with zero attached hydrogens (tertiary/aromatic N) is 2. The van der Waals surface area contributed by atoms with Crippen LogP contribution in [0.3, 0.4) is 0 Å². The molecule has 0 radical (unpaired) electrons. The molecule has 3 nitrogen and oxygen atoms in total. The molecule has 1 rings (SSSR count). The van der Waals surface area contributed by atoms with Gasteiger partial charge in [0.25, 0.3) is 0 Å². The van der Waals surface area contributed by atoms with Crippen molar-refractivity contribution in [2.75, 3.05) is 26.2 Å². The van der Waals surface area contributed by atoms with E-state index in [4.69, 9.17) is 0 Å². The van der Waals surface area contributed by atoms with E-state index in [1.165, 1.54) is 18.7 Å². The summed E-state index contributed by atoms with van der Waals surface area (Å²) in [6.45, 7) is 14.6. The zero-order chi connectivity index (χ0) is 14.1. The average Bonchev–Trinajstić information content (AvgIpc) is 2.34. The predicted octanol–water partition coefficient (Wildman–Crippen LogP) is 2.79. The molecule has 0 spiro atoms. The van der Waals surface area contributed by atoms with Gasteiger partial charge in [0.05, 0.1) is 0 Å². The van der Waals surface area contributed by atoms with Crippen LogP contribution in [-0.2, 0) is 6.54 Å². The average molecular weight is 263 g/mol. The summed E-state index contributed by atoms with van der Waals surface area (Å²) in [6.07, 6.45) is 3.74. The summed E-state index contributed by atoms with van der Waals surface area (Å²) in [5.74, 6) is 1.47. The second-order valence-electron chi connectivity index (χ2n) is 6.09. The molecule has 3 heteroatoms. The Balaban J connectivity index is 2.23. The zero-order valence-electron chi connectivity index (χ0n) is 12.9. The molecular formula is C16H29N3. The normalized spacial score (nSPS) is 11.7. The molecule has 19 heavy (non-hydrogen) atoms. The number of aromatic nitrogens is 1. The third-order valence-electron chi connectivity index (χ3n) is 2.90. The fourth-order valence-electron chi connectivity index (χ4n) is 2.26. The van der Waals surface area contributed by atoms with E-state index in [1.807, 2.05) is 18.5 Å². The maximum atomic E-state index is 4.13. The molecule has 0 saturated heterocycles. The van der Waals surface area contributed by atoms with Gasteiger partial charge in [-0.05, 0) is 23.5 Å². The molecule has 0 amide bonds. The lowest BCUT2D eigenvalue weighted by Gasteiger charge is -2.26. The summed E-state index contributed by atoms with van der Waals surface area (Å²) in [5.41, 5.74) is 1.25. The third-order valence-corrected chi connectivity index (χ3v) is 2.90. The fraction of sp³-hybridized carbons (Fsp3) is 0.688. The lowest BCUT2D eigenvalue weighted by atomic mass is 10.1. The Labute approximate surface area is 118 Å². The number of nitrogens with one attached hydrogen (secondary N) is 1. The van der Waals surface area contributed by atoms with Crippen molar-refractivity contribution in [1.82, 2.24) is 15.2 Å². The van der Waals surface area contributed by atoms with E-state index >= 15 is 0 Å². The highest BCUT2D eigenvalue weighted by Gasteiger charge is 2.08. The van der Waals surface area contributed by atoms with E-state index < -0.39 is 0 Å². The highest BCUT2D eigenvalue weighted by Crippen LogP contribution is 2.03. The minimum Gasteiger partial charge on any atom is -0.311 e. The van der Waals surface area contributed by atoms with Crippen molar-refractivity contribution in [3.8, 4) is 0 Å². The van der Waals surface area contributed by atoms with Crippen LogP contribution >= 0.6 is 0 Å². The Morgan fingerprint density at radius 1 is 1.16 bits per heavy atom. The lowest BCUT2D eigenvalue weighted by molar-refractivity contribution is 0.219. The summed E-state index contributed by atoms with van der Waals surface area (Å²) in [5, 5.41) is 3.50. The van der Waals surface area contributed by atoms with Gasteiger partial charge in [-0.1, -0.05) is 33.8 Å². The van der Waals surface area contributed by atoms with Gasteiger partial charge in [-0.25, -0.2) is 0 Å². The molecule has 0 saturated carbocycles. The summed E-state index contributed by atoms with van der Waals surface area (Å²) in [6, 6.07) is 4.10. The van der Waals surface area contributed by atoms with Crippen LogP contribution in [0.25, 0.3) is 0 Å². The second-order valence-corrected chi connectivity index (χ2v) is 6.09. The first-order valence-corrected chi connectivity index (χ1v) is 7.40. The first-order chi connectivity index (χ1) is 9.08. The van der Waals surface area contributed by atoms with Crippen LogP contribution < -0.4 is 5.32 Å². The standard InChI is InChI=1S/C16H29N3/c1-14(2)12-19(13-15(3)4)9-8-18-11-16-6-5-7-17-10-16/h5-7,10,14-15,18H,8-9,11-13H2,1-4H3. The van der Waals surface area contributed by atoms with E-state index in [1.54, 1.807) is 0 Å². The van der Waals surface area contributed by atoms with Crippen LogP contribution in [0.1, 0.15) is 33.3 Å². The summed E-state index contributed by atoms with van der Waals surface area (Å²) in [7, 11) is 0. The van der Waals surface area contributed by atoms with Gasteiger partial charge in [-0.2, -0.15) is 0 Å². The molecular weight excluding hydrogens is 234 g/mol. The fourth-order valence-corrected chi connectivity index (χ4v) is 2.26. The number of rotatable bonds is 9. The number of pyridine rings is 1. The molecule has 1 aromatic heterocycles. The van der Waals surface area contributed by atoms with Crippen LogP contribution in [0, 0.1) is 11.8 Å². The molecule has 0 aromatic carbocycles. The van der Waals surface area contributed by atoms with Crippen LogP contribution in [0.4, 0.5) is 0 Å². The van der Waals surface area contributed by atoms with Crippen molar-refractivity contribution < 1.29 is 0 Å². The Hall–Kier alpha value is -0.930. The van der Waals surface area contributed by atoms with Crippen molar-refractivity contribution in [2.45, 2.75) is 34.2 Å². The van der Waals surface area contributed by atoms with Gasteiger partial charge in [0.1, 0.15) is 0 Å². The van der Waals surface area contributed by atoms with Crippen LogP contribution in [0.2, 0.25) is 0 Å². The number of hydrogen-bond donors (Lipinski definition) is 1. The predicted molar refractivity (Wildman–Crippen MR) is 82.1 cm³/mol. The Morgan fingerprint density at radius 2 is 1.84 bits per heavy atom. The molecule has 1 N–H and O–H groups in total. The van der Waals surface area contributed by atoms with Crippen molar-refractivity contribution in [3.63, 3.8) is 0 Å². The smallest absolute Gasteiger partial charge is 0.0312 e. The molecule has 0 fully saturated rings. The Kier molecular flexibility index (Phi) is 7.68. The molecule has 0 aliphatic rings. The van der Waals surface area contributed by atoms with Crippen molar-refractivity contribution in [3.05, 3.63) is 30.1 Å². The monoisotopic (exact) mass is 263 g/mol. The number of hydrogen-bond acceptors (Lipinski definition) is 3. The van der Waals surface area contributed by atoms with Crippen molar-refractivity contribution >= 4 is 0 Å². The molecule has 0 atom stereocenters. The molecule has 0 aliphatic heterocycles. The van der Waals surface area contributed by atoms with Crippen molar-refractivity contribution in [2.24, 2.45) is 11.8 Å². The van der Waals surface area contributed by atoms with Gasteiger partial charge in [0, 0.05) is 45.1 Å². The first-order valence-electron chi connectivity index (χ1n) is 7.40. The van der Waals surface area contributed by atoms with Gasteiger partial charge in [-0.15, -0.1) is 0 Å². The minimum atomic E-state index is 0.733. The maximum absolute atomic E-state index is 4.13. The van der Waals surface area contributed by atoms with Gasteiger partial charge in [-0.3, -0.25) is 4.98 Å². The van der Waals surface area contributed by atoms with Crippen LogP contribution in [0.15, 0.2) is 24.5 Å². The molecule has 1 aromatic rings. The quantitative estimate of drug-likeness (QED) is 0.694. The van der Waals surface area contributed by atoms with E-state index in [-0.39, 0.29) is 0 Å². The van der Waals surface area contributed by atoms with Gasteiger partial charge < -0.3 is 10.2 Å². The van der Waals surface area contributed by atoms with Crippen LogP contribution in [-0.4, -0.2) is 36.1 Å². The third kappa shape index (κ3) is 7.96. The second kappa shape index (κ2) is 9.05. The molecule has 0 unspecified atom stereocenters. The lowest BCUT2D eigenvalue weighted by Crippen LogP contribution is -2.36. The molecule has 0 aliphatic carbocycles. The van der Waals surface area contributed by atoms with Gasteiger partial charge in [0.2, 0.25) is 0 Å². The van der Waals surface area contributed by atoms with E-state index in [0.29, 0.717) is 0 Å². The van der Waals surface area contributed by atoms with Crippen LogP contribution in [0.5, 0.6) is 0 Å². The Morgan fingerprint density at radius 3 is 2.37 bits per heavy atom. The highest BCUT2D eigenvalue weighted by atomic mass is 15.1. The summed E-state index contributed by atoms with van der Waals surface area (Å²) < 4.78 is 0. The Bertz CT molecular complexity index is 312. The van der Waals surface area contributed by atoms with Gasteiger partial charge >= 0.3 is 0 Å². The summed E-state index contributed by atoms with van der Waals surface area (Å²) in [4.78, 5) is 6.69. The van der Waals surface area contributed by atoms with E-state index in [9.17, 15) is 0 Å². The molecule has 108 valence electrons. The largest absolute Gasteiger partial charge is 0.311 e. The van der Waals surface area contributed by atoms with Gasteiger partial charge in [0.15, 0.2) is 0 Å². The maximum Gasteiger partial charge on any atom is 0.0312 e.